The van der Waals surface area contributed by atoms with Crippen LogP contribution in [-0.4, -0.2) is 31.3 Å². The molecule has 0 unspecified atom stereocenters. The molecule has 2 aromatic heterocycles. The summed E-state index contributed by atoms with van der Waals surface area (Å²) >= 11 is 1.31. The Labute approximate surface area is 129 Å². The fourth-order valence-corrected chi connectivity index (χ4v) is 4.24. The average molecular weight is 328 g/mol. The van der Waals surface area contributed by atoms with Crippen molar-refractivity contribution in [1.29, 1.82) is 0 Å². The number of sulfonamides is 1. The van der Waals surface area contributed by atoms with E-state index in [2.05, 4.69) is 15.1 Å². The van der Waals surface area contributed by atoms with Crippen molar-refractivity contribution >= 4 is 21.4 Å². The maximum atomic E-state index is 12.1. The van der Waals surface area contributed by atoms with E-state index in [9.17, 15) is 8.42 Å². The summed E-state index contributed by atoms with van der Waals surface area (Å²) in [5.74, 6) is 0. The van der Waals surface area contributed by atoms with Crippen molar-refractivity contribution in [1.82, 2.24) is 19.8 Å². The monoisotopic (exact) mass is 328 g/mol. The van der Waals surface area contributed by atoms with Gasteiger partial charge in [-0.1, -0.05) is 6.92 Å². The largest absolute Gasteiger partial charge is 0.312 e. The predicted molar refractivity (Wildman–Crippen MR) is 83.7 cm³/mol. The van der Waals surface area contributed by atoms with E-state index in [1.54, 1.807) is 16.9 Å². The lowest BCUT2D eigenvalue weighted by Gasteiger charge is -2.05. The maximum Gasteiger partial charge on any atom is 0.250 e. The number of nitrogens with one attached hydrogen (secondary N) is 2. The molecule has 0 atom stereocenters. The number of hydrogen-bond donors (Lipinski definition) is 2. The highest BCUT2D eigenvalue weighted by Gasteiger charge is 2.15. The van der Waals surface area contributed by atoms with Gasteiger partial charge < -0.3 is 5.32 Å². The van der Waals surface area contributed by atoms with Crippen LogP contribution in [0.3, 0.4) is 0 Å². The first-order chi connectivity index (χ1) is 10.1. The first-order valence-corrected chi connectivity index (χ1v) is 9.18. The Morgan fingerprint density at radius 1 is 1.38 bits per heavy atom. The van der Waals surface area contributed by atoms with Crippen LogP contribution in [0.15, 0.2) is 34.8 Å². The number of aryl methyl sites for hydroxylation is 1. The zero-order valence-electron chi connectivity index (χ0n) is 11.9. The summed E-state index contributed by atoms with van der Waals surface area (Å²) in [6.45, 7) is 4.70. The van der Waals surface area contributed by atoms with Gasteiger partial charge in [0.05, 0.1) is 0 Å². The van der Waals surface area contributed by atoms with Crippen LogP contribution in [0.25, 0.3) is 0 Å². The molecule has 2 N–H and O–H groups in total. The summed E-state index contributed by atoms with van der Waals surface area (Å²) < 4.78 is 29.1. The van der Waals surface area contributed by atoms with Crippen molar-refractivity contribution in [3.05, 3.63) is 35.5 Å². The average Bonchev–Trinajstić information content (AvgIpc) is 3.13. The SMILES string of the molecule is CCNCc1ccc(S(=O)(=O)NCCCn2cccn2)s1. The van der Waals surface area contributed by atoms with Crippen molar-refractivity contribution in [3.63, 3.8) is 0 Å². The Kier molecular flexibility index (Phi) is 5.92. The van der Waals surface area contributed by atoms with Crippen LogP contribution < -0.4 is 10.0 Å². The Hall–Kier alpha value is -1.22. The van der Waals surface area contributed by atoms with Gasteiger partial charge in [0.25, 0.3) is 0 Å². The highest BCUT2D eigenvalue weighted by Crippen LogP contribution is 2.21. The molecule has 21 heavy (non-hydrogen) atoms. The minimum absolute atomic E-state index is 0.370. The molecule has 0 spiro atoms. The lowest BCUT2D eigenvalue weighted by atomic mass is 10.4. The second-order valence-corrected chi connectivity index (χ2v) is 7.68. The van der Waals surface area contributed by atoms with Crippen LogP contribution in [0.1, 0.15) is 18.2 Å². The number of thiophene rings is 1. The quantitative estimate of drug-likeness (QED) is 0.683. The minimum Gasteiger partial charge on any atom is -0.312 e. The second-order valence-electron chi connectivity index (χ2n) is 4.52. The molecule has 0 aliphatic heterocycles. The van der Waals surface area contributed by atoms with Gasteiger partial charge in [-0.15, -0.1) is 11.3 Å². The first kappa shape index (κ1) is 16.2. The van der Waals surface area contributed by atoms with Crippen molar-refractivity contribution in [2.24, 2.45) is 0 Å². The molecular weight excluding hydrogens is 308 g/mol. The molecule has 0 aromatic carbocycles. The Morgan fingerprint density at radius 3 is 2.95 bits per heavy atom. The summed E-state index contributed by atoms with van der Waals surface area (Å²) in [5.41, 5.74) is 0. The van der Waals surface area contributed by atoms with Crippen molar-refractivity contribution in [2.75, 3.05) is 13.1 Å². The molecule has 0 aliphatic rings. The van der Waals surface area contributed by atoms with E-state index in [1.165, 1.54) is 11.3 Å². The van der Waals surface area contributed by atoms with Gasteiger partial charge in [0.1, 0.15) is 4.21 Å². The van der Waals surface area contributed by atoms with Crippen LogP contribution in [0.5, 0.6) is 0 Å². The number of hydrogen-bond acceptors (Lipinski definition) is 5. The highest BCUT2D eigenvalue weighted by molar-refractivity contribution is 7.91. The van der Waals surface area contributed by atoms with E-state index in [0.29, 0.717) is 30.3 Å². The third-order valence-corrected chi connectivity index (χ3v) is 5.90. The van der Waals surface area contributed by atoms with E-state index in [4.69, 9.17) is 0 Å². The molecular formula is C13H20N4O2S2. The van der Waals surface area contributed by atoms with Gasteiger partial charge in [-0.25, -0.2) is 13.1 Å². The molecule has 0 saturated heterocycles. The molecule has 2 aromatic rings. The van der Waals surface area contributed by atoms with Crippen LogP contribution in [0.4, 0.5) is 0 Å². The molecule has 6 nitrogen and oxygen atoms in total. The van der Waals surface area contributed by atoms with Gasteiger partial charge in [0, 0.05) is 36.9 Å². The Bertz CT molecular complexity index is 635. The van der Waals surface area contributed by atoms with Crippen molar-refractivity contribution in [2.45, 2.75) is 30.6 Å². The molecule has 2 heterocycles. The number of aromatic nitrogens is 2. The number of rotatable bonds is 9. The van der Waals surface area contributed by atoms with E-state index in [1.807, 2.05) is 25.3 Å². The summed E-state index contributed by atoms with van der Waals surface area (Å²) in [6, 6.07) is 5.36. The number of nitrogens with zero attached hydrogens (tertiary/aromatic N) is 2. The topological polar surface area (TPSA) is 76.0 Å². The van der Waals surface area contributed by atoms with Gasteiger partial charge in [-0.2, -0.15) is 5.10 Å². The lowest BCUT2D eigenvalue weighted by Crippen LogP contribution is -2.24. The van der Waals surface area contributed by atoms with Gasteiger partial charge in [0.2, 0.25) is 10.0 Å². The van der Waals surface area contributed by atoms with Gasteiger partial charge in [0.15, 0.2) is 0 Å². The molecule has 116 valence electrons. The minimum atomic E-state index is -3.39. The standard InChI is InChI=1S/C13H20N4O2S2/c1-2-14-11-12-5-6-13(20-12)21(18,19)16-8-4-10-17-9-3-7-15-17/h3,5-7,9,14,16H,2,4,8,10-11H2,1H3. The van der Waals surface area contributed by atoms with Crippen LogP contribution in [0, 0.1) is 0 Å². The fourth-order valence-electron chi connectivity index (χ4n) is 1.80. The summed E-state index contributed by atoms with van der Waals surface area (Å²) in [7, 11) is -3.39. The molecule has 0 aliphatic carbocycles. The van der Waals surface area contributed by atoms with E-state index in [0.717, 1.165) is 11.4 Å². The molecule has 0 saturated carbocycles. The zero-order valence-corrected chi connectivity index (χ0v) is 13.6. The highest BCUT2D eigenvalue weighted by atomic mass is 32.2. The smallest absolute Gasteiger partial charge is 0.250 e. The summed E-state index contributed by atoms with van der Waals surface area (Å²) in [4.78, 5) is 1.02. The lowest BCUT2D eigenvalue weighted by molar-refractivity contribution is 0.554. The van der Waals surface area contributed by atoms with Gasteiger partial charge in [-0.05, 0) is 31.2 Å². The molecule has 0 bridgehead atoms. The Balaban J connectivity index is 1.82. The normalized spacial score (nSPS) is 11.9. The Morgan fingerprint density at radius 2 is 2.24 bits per heavy atom. The van der Waals surface area contributed by atoms with Crippen LogP contribution in [0.2, 0.25) is 0 Å². The van der Waals surface area contributed by atoms with Gasteiger partial charge in [-0.3, -0.25) is 4.68 Å². The molecule has 0 radical (unpaired) electrons. The van der Waals surface area contributed by atoms with Crippen LogP contribution in [-0.2, 0) is 23.1 Å². The van der Waals surface area contributed by atoms with Crippen molar-refractivity contribution in [3.8, 4) is 0 Å². The molecule has 0 amide bonds. The molecule has 0 fully saturated rings. The zero-order chi connectivity index (χ0) is 15.1. The van der Waals surface area contributed by atoms with E-state index >= 15 is 0 Å². The summed E-state index contributed by atoms with van der Waals surface area (Å²) in [5, 5.41) is 7.26. The third kappa shape index (κ3) is 4.92. The molecule has 2 rings (SSSR count). The van der Waals surface area contributed by atoms with Crippen LogP contribution >= 0.6 is 11.3 Å². The predicted octanol–water partition coefficient (Wildman–Crippen LogP) is 1.42. The third-order valence-electron chi connectivity index (χ3n) is 2.87. The second kappa shape index (κ2) is 7.69. The summed E-state index contributed by atoms with van der Waals surface area (Å²) in [6.07, 6.45) is 4.28. The van der Waals surface area contributed by atoms with Gasteiger partial charge >= 0.3 is 0 Å². The van der Waals surface area contributed by atoms with E-state index in [-0.39, 0.29) is 0 Å². The van der Waals surface area contributed by atoms with Crippen molar-refractivity contribution < 1.29 is 8.42 Å². The van der Waals surface area contributed by atoms with E-state index < -0.39 is 10.0 Å². The fraction of sp³-hybridized carbons (Fsp3) is 0.462. The molecule has 8 heteroatoms. The maximum absolute atomic E-state index is 12.1. The first-order valence-electron chi connectivity index (χ1n) is 6.88.